The molecule has 0 aliphatic heterocycles. The lowest BCUT2D eigenvalue weighted by atomic mass is 10.1. The normalized spacial score (nSPS) is 14.5. The number of aliphatic hydroxyl groups excluding tert-OH is 1. The van der Waals surface area contributed by atoms with Crippen molar-refractivity contribution >= 4 is 21.6 Å². The zero-order chi connectivity index (χ0) is 14.6. The van der Waals surface area contributed by atoms with Gasteiger partial charge in [-0.15, -0.1) is 0 Å². The van der Waals surface area contributed by atoms with E-state index in [2.05, 4.69) is 26.3 Å². The van der Waals surface area contributed by atoms with Gasteiger partial charge in [0.05, 0.1) is 11.9 Å². The topological polar surface area (TPSA) is 67.2 Å². The van der Waals surface area contributed by atoms with Gasteiger partial charge in [-0.05, 0) is 34.7 Å². The zero-order valence-corrected chi connectivity index (χ0v) is 13.4. The van der Waals surface area contributed by atoms with Gasteiger partial charge in [-0.3, -0.25) is 4.79 Å². The van der Waals surface area contributed by atoms with Crippen molar-refractivity contribution in [2.24, 2.45) is 11.8 Å². The fraction of sp³-hybridized carbons (Fsp3) is 0.692. The Morgan fingerprint density at radius 1 is 1.42 bits per heavy atom. The van der Waals surface area contributed by atoms with Crippen LogP contribution in [0.4, 0.5) is 5.69 Å². The second kappa shape index (κ2) is 7.05. The number of aromatic nitrogens is 2. The Labute approximate surface area is 122 Å². The summed E-state index contributed by atoms with van der Waals surface area (Å²) in [4.78, 5) is 12.1. The first kappa shape index (κ1) is 16.2. The maximum Gasteiger partial charge on any atom is 0.283 e. The predicted molar refractivity (Wildman–Crippen MR) is 80.4 cm³/mol. The molecule has 1 rings (SSSR count). The Kier molecular flexibility index (Phi) is 6.00. The fourth-order valence-electron chi connectivity index (χ4n) is 1.59. The molecule has 1 aromatic rings. The number of nitrogens with zero attached hydrogens (tertiary/aromatic N) is 2. The lowest BCUT2D eigenvalue weighted by molar-refractivity contribution is 0.226. The van der Waals surface area contributed by atoms with Crippen molar-refractivity contribution in [2.45, 2.75) is 40.3 Å². The molecule has 0 spiro atoms. The molecule has 0 fully saturated rings. The number of aliphatic hydroxyl groups is 1. The van der Waals surface area contributed by atoms with Crippen LogP contribution in [-0.4, -0.2) is 27.5 Å². The summed E-state index contributed by atoms with van der Waals surface area (Å²) in [5.41, 5.74) is 0.528. The molecule has 19 heavy (non-hydrogen) atoms. The third kappa shape index (κ3) is 4.31. The van der Waals surface area contributed by atoms with Gasteiger partial charge in [0.15, 0.2) is 0 Å². The summed E-state index contributed by atoms with van der Waals surface area (Å²) in [5.74, 6) is 0.467. The van der Waals surface area contributed by atoms with Crippen molar-refractivity contribution in [3.8, 4) is 0 Å². The van der Waals surface area contributed by atoms with Crippen LogP contribution in [0.15, 0.2) is 15.5 Å². The largest absolute Gasteiger partial charge is 0.396 e. The van der Waals surface area contributed by atoms with Crippen LogP contribution in [0.1, 0.15) is 27.7 Å². The molecular formula is C13H22BrN3O2. The molecule has 108 valence electrons. The Bertz CT molecular complexity index is 473. The van der Waals surface area contributed by atoms with Gasteiger partial charge in [0.2, 0.25) is 0 Å². The van der Waals surface area contributed by atoms with Gasteiger partial charge in [0.1, 0.15) is 4.47 Å². The highest BCUT2D eigenvalue weighted by molar-refractivity contribution is 9.10. The van der Waals surface area contributed by atoms with Crippen LogP contribution < -0.4 is 10.9 Å². The average Bonchev–Trinajstić information content (AvgIpc) is 2.36. The SMILES string of the molecule is CC(C)Cn1ncc(NC(C)C(C)CO)c(Br)c1=O. The number of nitrogens with one attached hydrogen (secondary N) is 1. The van der Waals surface area contributed by atoms with Crippen LogP contribution >= 0.6 is 15.9 Å². The summed E-state index contributed by atoms with van der Waals surface area (Å²) in [6.45, 7) is 8.69. The van der Waals surface area contributed by atoms with Gasteiger partial charge in [-0.1, -0.05) is 20.8 Å². The standard InChI is InChI=1S/C13H22BrN3O2/c1-8(2)6-17-13(19)12(14)11(5-15-17)16-10(4)9(3)7-18/h5,8-10,16,18H,6-7H2,1-4H3. The first-order chi connectivity index (χ1) is 8.86. The van der Waals surface area contributed by atoms with Gasteiger partial charge in [-0.2, -0.15) is 5.10 Å². The van der Waals surface area contributed by atoms with E-state index in [1.54, 1.807) is 6.20 Å². The second-order valence-electron chi connectivity index (χ2n) is 5.35. The third-order valence-electron chi connectivity index (χ3n) is 3.05. The van der Waals surface area contributed by atoms with Gasteiger partial charge in [-0.25, -0.2) is 4.68 Å². The Hall–Kier alpha value is -0.880. The average molecular weight is 332 g/mol. The maximum atomic E-state index is 12.1. The van der Waals surface area contributed by atoms with E-state index in [-0.39, 0.29) is 24.1 Å². The minimum absolute atomic E-state index is 0.0587. The van der Waals surface area contributed by atoms with E-state index >= 15 is 0 Å². The molecule has 5 nitrogen and oxygen atoms in total. The van der Waals surface area contributed by atoms with Crippen LogP contribution in [0, 0.1) is 11.8 Å². The smallest absolute Gasteiger partial charge is 0.283 e. The summed E-state index contributed by atoms with van der Waals surface area (Å²) < 4.78 is 1.94. The summed E-state index contributed by atoms with van der Waals surface area (Å²) in [5, 5.41) is 16.5. The van der Waals surface area contributed by atoms with E-state index in [1.807, 2.05) is 27.7 Å². The molecule has 0 saturated heterocycles. The molecule has 0 aliphatic rings. The highest BCUT2D eigenvalue weighted by atomic mass is 79.9. The molecule has 0 aliphatic carbocycles. The summed E-state index contributed by atoms with van der Waals surface area (Å²) >= 11 is 3.32. The first-order valence-corrected chi connectivity index (χ1v) is 7.29. The molecule has 1 heterocycles. The molecule has 0 aromatic carbocycles. The number of anilines is 1. The molecule has 0 radical (unpaired) electrons. The third-order valence-corrected chi connectivity index (χ3v) is 3.81. The quantitative estimate of drug-likeness (QED) is 0.837. The van der Waals surface area contributed by atoms with E-state index in [1.165, 1.54) is 4.68 Å². The lowest BCUT2D eigenvalue weighted by Gasteiger charge is -2.21. The molecule has 0 saturated carbocycles. The van der Waals surface area contributed by atoms with Crippen LogP contribution in [-0.2, 0) is 6.54 Å². The maximum absolute atomic E-state index is 12.1. The Morgan fingerprint density at radius 2 is 2.05 bits per heavy atom. The summed E-state index contributed by atoms with van der Waals surface area (Å²) in [7, 11) is 0. The molecule has 0 bridgehead atoms. The van der Waals surface area contributed by atoms with Gasteiger partial charge < -0.3 is 10.4 Å². The van der Waals surface area contributed by atoms with Crippen molar-refractivity contribution in [2.75, 3.05) is 11.9 Å². The lowest BCUT2D eigenvalue weighted by Crippen LogP contribution is -2.30. The highest BCUT2D eigenvalue weighted by Crippen LogP contribution is 2.19. The van der Waals surface area contributed by atoms with E-state index in [4.69, 9.17) is 5.11 Å². The minimum atomic E-state index is -0.137. The minimum Gasteiger partial charge on any atom is -0.396 e. The predicted octanol–water partition coefficient (Wildman–Crippen LogP) is 2.09. The second-order valence-corrected chi connectivity index (χ2v) is 6.14. The number of hydrogen-bond donors (Lipinski definition) is 2. The van der Waals surface area contributed by atoms with Crippen LogP contribution in [0.3, 0.4) is 0 Å². The van der Waals surface area contributed by atoms with Crippen LogP contribution in [0.25, 0.3) is 0 Å². The Balaban J connectivity index is 2.94. The Morgan fingerprint density at radius 3 is 2.58 bits per heavy atom. The summed E-state index contributed by atoms with van der Waals surface area (Å²) in [6, 6.07) is 0.0587. The van der Waals surface area contributed by atoms with E-state index in [0.717, 1.165) is 0 Å². The van der Waals surface area contributed by atoms with Gasteiger partial charge >= 0.3 is 0 Å². The van der Waals surface area contributed by atoms with Crippen molar-refractivity contribution in [1.29, 1.82) is 0 Å². The van der Waals surface area contributed by atoms with Crippen LogP contribution in [0.5, 0.6) is 0 Å². The van der Waals surface area contributed by atoms with E-state index in [9.17, 15) is 4.79 Å². The van der Waals surface area contributed by atoms with Gasteiger partial charge in [0.25, 0.3) is 5.56 Å². The molecule has 2 N–H and O–H groups in total. The molecular weight excluding hydrogens is 310 g/mol. The molecule has 2 unspecified atom stereocenters. The zero-order valence-electron chi connectivity index (χ0n) is 11.9. The van der Waals surface area contributed by atoms with E-state index < -0.39 is 0 Å². The van der Waals surface area contributed by atoms with Crippen molar-refractivity contribution in [1.82, 2.24) is 9.78 Å². The summed E-state index contributed by atoms with van der Waals surface area (Å²) in [6.07, 6.45) is 1.65. The first-order valence-electron chi connectivity index (χ1n) is 6.49. The van der Waals surface area contributed by atoms with Crippen molar-refractivity contribution in [3.05, 3.63) is 21.0 Å². The number of halogens is 1. The van der Waals surface area contributed by atoms with Crippen molar-refractivity contribution < 1.29 is 5.11 Å². The number of hydrogen-bond acceptors (Lipinski definition) is 4. The monoisotopic (exact) mass is 331 g/mol. The molecule has 1 aromatic heterocycles. The number of rotatable bonds is 6. The van der Waals surface area contributed by atoms with Crippen LogP contribution in [0.2, 0.25) is 0 Å². The van der Waals surface area contributed by atoms with Gasteiger partial charge in [0, 0.05) is 19.2 Å². The molecule has 0 amide bonds. The molecule has 6 heteroatoms. The van der Waals surface area contributed by atoms with Crippen molar-refractivity contribution in [3.63, 3.8) is 0 Å². The fourth-order valence-corrected chi connectivity index (χ4v) is 2.01. The molecule has 2 atom stereocenters. The van der Waals surface area contributed by atoms with E-state index in [0.29, 0.717) is 22.6 Å². The highest BCUT2D eigenvalue weighted by Gasteiger charge is 2.15.